The Morgan fingerprint density at radius 3 is 2.52 bits per heavy atom. The molecule has 0 aliphatic carbocycles. The standard InChI is InChI=1S/C20H22N2O5/c1-11-6-14(12(2)21(11)3)19(23)22-8-15(16(9-22)20(24)25)13-4-5-17-18(7-13)27-10-26-17/h4-7,15-16H,8-10H2,1-3H3,(H,24,25)/t15-,16+/m0/s1. The van der Waals surface area contributed by atoms with Crippen molar-refractivity contribution in [2.45, 2.75) is 19.8 Å². The van der Waals surface area contributed by atoms with Gasteiger partial charge in [-0.15, -0.1) is 0 Å². The zero-order chi connectivity index (χ0) is 19.3. The zero-order valence-electron chi connectivity index (χ0n) is 15.6. The van der Waals surface area contributed by atoms with Crippen LogP contribution in [0.4, 0.5) is 0 Å². The molecule has 1 aromatic heterocycles. The number of benzene rings is 1. The first-order valence-electron chi connectivity index (χ1n) is 8.91. The average molecular weight is 370 g/mol. The molecular formula is C20H22N2O5. The van der Waals surface area contributed by atoms with E-state index in [1.807, 2.05) is 43.7 Å². The van der Waals surface area contributed by atoms with Crippen LogP contribution in [0.2, 0.25) is 0 Å². The largest absolute Gasteiger partial charge is 0.481 e. The molecule has 0 spiro atoms. The molecule has 1 fully saturated rings. The van der Waals surface area contributed by atoms with E-state index in [4.69, 9.17) is 9.47 Å². The van der Waals surface area contributed by atoms with Gasteiger partial charge in [0.25, 0.3) is 5.91 Å². The SMILES string of the molecule is Cc1cc(C(=O)N2C[C@@H](C(=O)O)[C@H](c3ccc4c(c3)OCO4)C2)c(C)n1C. The van der Waals surface area contributed by atoms with Gasteiger partial charge < -0.3 is 24.0 Å². The van der Waals surface area contributed by atoms with E-state index >= 15 is 0 Å². The van der Waals surface area contributed by atoms with Gasteiger partial charge in [-0.05, 0) is 37.6 Å². The van der Waals surface area contributed by atoms with E-state index < -0.39 is 11.9 Å². The van der Waals surface area contributed by atoms with Gasteiger partial charge in [-0.2, -0.15) is 0 Å². The molecule has 2 aliphatic rings. The number of hydrogen-bond acceptors (Lipinski definition) is 4. The van der Waals surface area contributed by atoms with Gasteiger partial charge in [0.05, 0.1) is 11.5 Å². The molecular weight excluding hydrogens is 348 g/mol. The molecule has 0 unspecified atom stereocenters. The number of carboxylic acid groups (broad SMARTS) is 1. The Morgan fingerprint density at radius 1 is 1.11 bits per heavy atom. The average Bonchev–Trinajstić information content (AvgIpc) is 3.34. The maximum absolute atomic E-state index is 13.0. The molecule has 2 aromatic rings. The Morgan fingerprint density at radius 2 is 1.85 bits per heavy atom. The maximum Gasteiger partial charge on any atom is 0.308 e. The third kappa shape index (κ3) is 2.83. The Kier molecular flexibility index (Phi) is 4.09. The number of hydrogen-bond donors (Lipinski definition) is 1. The van der Waals surface area contributed by atoms with Gasteiger partial charge in [0.1, 0.15) is 0 Å². The number of ether oxygens (including phenoxy) is 2. The molecule has 0 saturated carbocycles. The number of carbonyl (C=O) groups excluding carboxylic acids is 1. The highest BCUT2D eigenvalue weighted by molar-refractivity contribution is 5.96. The van der Waals surface area contributed by atoms with Crippen molar-refractivity contribution in [1.82, 2.24) is 9.47 Å². The number of aliphatic carboxylic acids is 1. The fourth-order valence-electron chi connectivity index (χ4n) is 3.94. The van der Waals surface area contributed by atoms with E-state index in [2.05, 4.69) is 0 Å². The summed E-state index contributed by atoms with van der Waals surface area (Å²) in [6.07, 6.45) is 0. The third-order valence-electron chi connectivity index (χ3n) is 5.75. The van der Waals surface area contributed by atoms with Gasteiger partial charge in [0, 0.05) is 37.4 Å². The van der Waals surface area contributed by atoms with Crippen LogP contribution in [0.25, 0.3) is 0 Å². The van der Waals surface area contributed by atoms with E-state index in [0.717, 1.165) is 17.0 Å². The van der Waals surface area contributed by atoms with Crippen LogP contribution in [0.1, 0.15) is 33.2 Å². The van der Waals surface area contributed by atoms with E-state index in [9.17, 15) is 14.7 Å². The normalized spacial score (nSPS) is 20.9. The molecule has 4 rings (SSSR count). The summed E-state index contributed by atoms with van der Waals surface area (Å²) in [6.45, 7) is 4.58. The number of fused-ring (bicyclic) bond motifs is 1. The molecule has 3 heterocycles. The van der Waals surface area contributed by atoms with Crippen molar-refractivity contribution in [3.05, 3.63) is 46.8 Å². The molecule has 27 heavy (non-hydrogen) atoms. The lowest BCUT2D eigenvalue weighted by Crippen LogP contribution is -2.30. The Labute approximate surface area is 157 Å². The van der Waals surface area contributed by atoms with Crippen LogP contribution in [-0.2, 0) is 11.8 Å². The van der Waals surface area contributed by atoms with Crippen LogP contribution in [0, 0.1) is 19.8 Å². The summed E-state index contributed by atoms with van der Waals surface area (Å²) in [4.78, 5) is 26.5. The van der Waals surface area contributed by atoms with Crippen LogP contribution in [0.5, 0.6) is 11.5 Å². The minimum atomic E-state index is -0.895. The van der Waals surface area contributed by atoms with Crippen molar-refractivity contribution in [3.8, 4) is 11.5 Å². The monoisotopic (exact) mass is 370 g/mol. The predicted molar refractivity (Wildman–Crippen MR) is 97.2 cm³/mol. The Balaban J connectivity index is 1.63. The molecule has 0 radical (unpaired) electrons. The number of carboxylic acids is 1. The summed E-state index contributed by atoms with van der Waals surface area (Å²) >= 11 is 0. The Hall–Kier alpha value is -2.96. The van der Waals surface area contributed by atoms with Gasteiger partial charge in [-0.1, -0.05) is 6.07 Å². The van der Waals surface area contributed by atoms with Gasteiger partial charge in [0.15, 0.2) is 11.5 Å². The number of amides is 1. The smallest absolute Gasteiger partial charge is 0.308 e. The number of aryl methyl sites for hydroxylation is 1. The highest BCUT2D eigenvalue weighted by atomic mass is 16.7. The molecule has 2 atom stereocenters. The Bertz CT molecular complexity index is 933. The van der Waals surface area contributed by atoms with E-state index in [0.29, 0.717) is 23.6 Å². The predicted octanol–water partition coefficient (Wildman–Crippen LogP) is 2.31. The van der Waals surface area contributed by atoms with Crippen molar-refractivity contribution < 1.29 is 24.2 Å². The van der Waals surface area contributed by atoms with Crippen molar-refractivity contribution in [2.24, 2.45) is 13.0 Å². The highest BCUT2D eigenvalue weighted by Gasteiger charge is 2.41. The summed E-state index contributed by atoms with van der Waals surface area (Å²) in [7, 11) is 1.92. The van der Waals surface area contributed by atoms with Crippen molar-refractivity contribution >= 4 is 11.9 Å². The van der Waals surface area contributed by atoms with E-state index in [1.54, 1.807) is 11.0 Å². The number of carbonyl (C=O) groups is 2. The van der Waals surface area contributed by atoms with Crippen molar-refractivity contribution in [3.63, 3.8) is 0 Å². The topological polar surface area (TPSA) is 81.0 Å². The summed E-state index contributed by atoms with van der Waals surface area (Å²) in [5.74, 6) is -0.673. The molecule has 1 amide bonds. The van der Waals surface area contributed by atoms with Crippen LogP contribution < -0.4 is 9.47 Å². The lowest BCUT2D eigenvalue weighted by Gasteiger charge is -2.17. The molecule has 1 aromatic carbocycles. The third-order valence-corrected chi connectivity index (χ3v) is 5.75. The lowest BCUT2D eigenvalue weighted by molar-refractivity contribution is -0.141. The molecule has 2 aliphatic heterocycles. The fraction of sp³-hybridized carbons (Fsp3) is 0.400. The number of likely N-dealkylation sites (tertiary alicyclic amines) is 1. The van der Waals surface area contributed by atoms with Crippen LogP contribution in [0.3, 0.4) is 0 Å². The van der Waals surface area contributed by atoms with Crippen molar-refractivity contribution in [1.29, 1.82) is 0 Å². The zero-order valence-corrected chi connectivity index (χ0v) is 15.6. The summed E-state index contributed by atoms with van der Waals surface area (Å²) < 4.78 is 12.7. The maximum atomic E-state index is 13.0. The number of aromatic nitrogens is 1. The van der Waals surface area contributed by atoms with Gasteiger partial charge in [-0.3, -0.25) is 9.59 Å². The molecule has 142 valence electrons. The molecule has 7 nitrogen and oxygen atoms in total. The molecule has 1 saturated heterocycles. The van der Waals surface area contributed by atoms with Crippen molar-refractivity contribution in [2.75, 3.05) is 19.9 Å². The van der Waals surface area contributed by atoms with E-state index in [1.165, 1.54) is 0 Å². The first-order chi connectivity index (χ1) is 12.9. The quantitative estimate of drug-likeness (QED) is 0.897. The first-order valence-corrected chi connectivity index (χ1v) is 8.91. The molecule has 7 heteroatoms. The first kappa shape index (κ1) is 17.5. The van der Waals surface area contributed by atoms with Crippen LogP contribution in [-0.4, -0.2) is 46.3 Å². The van der Waals surface area contributed by atoms with Crippen LogP contribution in [0.15, 0.2) is 24.3 Å². The minimum absolute atomic E-state index is 0.120. The molecule has 1 N–H and O–H groups in total. The van der Waals surface area contributed by atoms with Gasteiger partial charge in [-0.25, -0.2) is 0 Å². The number of nitrogens with zero attached hydrogens (tertiary/aromatic N) is 2. The van der Waals surface area contributed by atoms with Gasteiger partial charge >= 0.3 is 5.97 Å². The minimum Gasteiger partial charge on any atom is -0.481 e. The van der Waals surface area contributed by atoms with E-state index in [-0.39, 0.29) is 25.2 Å². The fourth-order valence-corrected chi connectivity index (χ4v) is 3.94. The summed E-state index contributed by atoms with van der Waals surface area (Å²) in [5, 5.41) is 9.71. The second-order valence-electron chi connectivity index (χ2n) is 7.22. The summed E-state index contributed by atoms with van der Waals surface area (Å²) in [5.41, 5.74) is 3.36. The lowest BCUT2D eigenvalue weighted by atomic mass is 9.89. The molecule has 0 bridgehead atoms. The summed E-state index contributed by atoms with van der Waals surface area (Å²) in [6, 6.07) is 7.35. The van der Waals surface area contributed by atoms with Crippen LogP contribution >= 0.6 is 0 Å². The van der Waals surface area contributed by atoms with Gasteiger partial charge in [0.2, 0.25) is 6.79 Å². The number of rotatable bonds is 3. The second-order valence-corrected chi connectivity index (χ2v) is 7.22. The second kappa shape index (κ2) is 6.33. The highest BCUT2D eigenvalue weighted by Crippen LogP contribution is 2.39.